The van der Waals surface area contributed by atoms with Gasteiger partial charge < -0.3 is 9.88 Å². The van der Waals surface area contributed by atoms with Gasteiger partial charge in [0.1, 0.15) is 5.82 Å². The molecule has 0 fully saturated rings. The zero-order valence-corrected chi connectivity index (χ0v) is 13.9. The van der Waals surface area contributed by atoms with Gasteiger partial charge in [-0.15, -0.1) is 10.2 Å². The summed E-state index contributed by atoms with van der Waals surface area (Å²) in [6.45, 7) is 1.29. The van der Waals surface area contributed by atoms with E-state index in [0.717, 1.165) is 37.5 Å². The molecule has 0 radical (unpaired) electrons. The number of rotatable bonds is 4. The quantitative estimate of drug-likeness (QED) is 0.924. The molecule has 122 valence electrons. The van der Waals surface area contributed by atoms with E-state index in [2.05, 4.69) is 20.1 Å². The first-order chi connectivity index (χ1) is 11.1. The van der Waals surface area contributed by atoms with Crippen LogP contribution >= 0.6 is 0 Å². The van der Waals surface area contributed by atoms with Crippen molar-refractivity contribution in [2.45, 2.75) is 43.7 Å². The Morgan fingerprint density at radius 3 is 2.74 bits per heavy atom. The summed E-state index contributed by atoms with van der Waals surface area (Å²) < 4.78 is 13.5. The molecule has 23 heavy (non-hydrogen) atoms. The molecule has 2 aromatic rings. The van der Waals surface area contributed by atoms with Crippen molar-refractivity contribution in [2.24, 2.45) is 0 Å². The van der Waals surface area contributed by atoms with Crippen LogP contribution in [-0.2, 0) is 30.3 Å². The van der Waals surface area contributed by atoms with Gasteiger partial charge in [0.05, 0.1) is 6.54 Å². The van der Waals surface area contributed by atoms with Crippen LogP contribution in [0.4, 0.5) is 0 Å². The minimum absolute atomic E-state index is 0.163. The van der Waals surface area contributed by atoms with Crippen LogP contribution in [0.1, 0.15) is 41.3 Å². The highest BCUT2D eigenvalue weighted by Gasteiger charge is 2.15. The standard InChI is InChI=1S/C16H20N4O2S/c1-23(22)13-8-6-12(7-9-13)16(21)17-11-15-19-18-14-5-3-2-4-10-20(14)15/h6-9H,2-5,10-11H2,1H3,(H,17,21)/t23-/m1/s1. The van der Waals surface area contributed by atoms with Crippen LogP contribution in [0, 0.1) is 0 Å². The smallest absolute Gasteiger partial charge is 0.251 e. The van der Waals surface area contributed by atoms with Crippen molar-refractivity contribution in [2.75, 3.05) is 6.26 Å². The molecule has 1 aromatic carbocycles. The highest BCUT2D eigenvalue weighted by Crippen LogP contribution is 2.14. The summed E-state index contributed by atoms with van der Waals surface area (Å²) in [6.07, 6.45) is 6.06. The predicted octanol–water partition coefficient (Wildman–Crippen LogP) is 1.67. The maximum Gasteiger partial charge on any atom is 0.251 e. The third-order valence-corrected chi connectivity index (χ3v) is 4.98. The van der Waals surface area contributed by atoms with Gasteiger partial charge in [0.25, 0.3) is 5.91 Å². The van der Waals surface area contributed by atoms with Crippen molar-refractivity contribution in [3.8, 4) is 0 Å². The van der Waals surface area contributed by atoms with Gasteiger partial charge in [-0.3, -0.25) is 9.00 Å². The molecule has 1 N–H and O–H groups in total. The number of carbonyl (C=O) groups excluding carboxylic acids is 1. The monoisotopic (exact) mass is 332 g/mol. The third kappa shape index (κ3) is 3.67. The SMILES string of the molecule is C[S@@](=O)c1ccc(C(=O)NCc2nnc3n2CCCCC3)cc1. The summed E-state index contributed by atoms with van der Waals surface area (Å²) in [5, 5.41) is 11.3. The maximum absolute atomic E-state index is 12.2. The van der Waals surface area contributed by atoms with Gasteiger partial charge in [0.15, 0.2) is 5.82 Å². The van der Waals surface area contributed by atoms with Crippen LogP contribution in [-0.4, -0.2) is 31.1 Å². The van der Waals surface area contributed by atoms with Gasteiger partial charge in [-0.1, -0.05) is 6.42 Å². The summed E-state index contributed by atoms with van der Waals surface area (Å²) in [4.78, 5) is 12.9. The molecule has 1 aliphatic rings. The molecular formula is C16H20N4O2S. The van der Waals surface area contributed by atoms with Crippen LogP contribution in [0.25, 0.3) is 0 Å². The van der Waals surface area contributed by atoms with E-state index in [0.29, 0.717) is 17.0 Å². The zero-order valence-electron chi connectivity index (χ0n) is 13.1. The van der Waals surface area contributed by atoms with Gasteiger partial charge in [-0.2, -0.15) is 0 Å². The molecule has 6 nitrogen and oxygen atoms in total. The van der Waals surface area contributed by atoms with Crippen molar-refractivity contribution >= 4 is 16.7 Å². The Kier molecular flexibility index (Phi) is 4.85. The lowest BCUT2D eigenvalue weighted by molar-refractivity contribution is 0.0949. The number of benzene rings is 1. The van der Waals surface area contributed by atoms with E-state index in [1.807, 2.05) is 0 Å². The van der Waals surface area contributed by atoms with Crippen molar-refractivity contribution in [3.05, 3.63) is 41.5 Å². The first kappa shape index (κ1) is 15.9. The third-order valence-electron chi connectivity index (χ3n) is 4.04. The number of hydrogen-bond acceptors (Lipinski definition) is 4. The summed E-state index contributed by atoms with van der Waals surface area (Å²) in [5.41, 5.74) is 0.551. The molecule has 1 aromatic heterocycles. The van der Waals surface area contributed by atoms with Crippen LogP contribution in [0.2, 0.25) is 0 Å². The fourth-order valence-corrected chi connectivity index (χ4v) is 3.25. The fraction of sp³-hybridized carbons (Fsp3) is 0.438. The zero-order chi connectivity index (χ0) is 16.2. The number of amides is 1. The Hall–Kier alpha value is -2.02. The number of hydrogen-bond donors (Lipinski definition) is 1. The van der Waals surface area contributed by atoms with E-state index in [4.69, 9.17) is 0 Å². The second-order valence-electron chi connectivity index (χ2n) is 5.66. The molecule has 1 amide bonds. The molecule has 0 saturated heterocycles. The Morgan fingerprint density at radius 1 is 1.22 bits per heavy atom. The molecule has 0 saturated carbocycles. The first-order valence-electron chi connectivity index (χ1n) is 7.78. The highest BCUT2D eigenvalue weighted by molar-refractivity contribution is 7.84. The molecular weight excluding hydrogens is 312 g/mol. The largest absolute Gasteiger partial charge is 0.345 e. The van der Waals surface area contributed by atoms with E-state index in [1.54, 1.807) is 30.5 Å². The molecule has 2 heterocycles. The predicted molar refractivity (Wildman–Crippen MR) is 87.5 cm³/mol. The van der Waals surface area contributed by atoms with E-state index < -0.39 is 10.8 Å². The van der Waals surface area contributed by atoms with Gasteiger partial charge in [0.2, 0.25) is 0 Å². The molecule has 0 spiro atoms. The lowest BCUT2D eigenvalue weighted by Crippen LogP contribution is -2.25. The van der Waals surface area contributed by atoms with E-state index >= 15 is 0 Å². The maximum atomic E-state index is 12.2. The van der Waals surface area contributed by atoms with Gasteiger partial charge in [-0.25, -0.2) is 0 Å². The normalized spacial score (nSPS) is 15.5. The van der Waals surface area contributed by atoms with E-state index in [9.17, 15) is 9.00 Å². The number of nitrogens with zero attached hydrogens (tertiary/aromatic N) is 3. The van der Waals surface area contributed by atoms with Crippen LogP contribution in [0.3, 0.4) is 0 Å². The summed E-state index contributed by atoms with van der Waals surface area (Å²) in [7, 11) is -1.04. The first-order valence-corrected chi connectivity index (χ1v) is 9.33. The number of nitrogens with one attached hydrogen (secondary N) is 1. The molecule has 1 aliphatic heterocycles. The average Bonchev–Trinajstić information content (AvgIpc) is 2.79. The van der Waals surface area contributed by atoms with E-state index in [-0.39, 0.29) is 5.91 Å². The average molecular weight is 332 g/mol. The topological polar surface area (TPSA) is 76.9 Å². The minimum Gasteiger partial charge on any atom is -0.345 e. The van der Waals surface area contributed by atoms with Crippen LogP contribution in [0.15, 0.2) is 29.2 Å². The van der Waals surface area contributed by atoms with Gasteiger partial charge >= 0.3 is 0 Å². The molecule has 1 atom stereocenters. The summed E-state index contributed by atoms with van der Waals surface area (Å²) in [6, 6.07) is 6.81. The summed E-state index contributed by atoms with van der Waals surface area (Å²) in [5.74, 6) is 1.66. The minimum atomic E-state index is -1.04. The highest BCUT2D eigenvalue weighted by atomic mass is 32.2. The second-order valence-corrected chi connectivity index (χ2v) is 7.04. The number of fused-ring (bicyclic) bond motifs is 1. The molecule has 7 heteroatoms. The second kappa shape index (κ2) is 7.04. The Labute approximate surface area is 137 Å². The lowest BCUT2D eigenvalue weighted by Gasteiger charge is -2.08. The molecule has 0 unspecified atom stereocenters. The Balaban J connectivity index is 1.65. The van der Waals surface area contributed by atoms with Gasteiger partial charge in [-0.05, 0) is 37.1 Å². The van der Waals surface area contributed by atoms with Crippen LogP contribution < -0.4 is 5.32 Å². The molecule has 0 aliphatic carbocycles. The lowest BCUT2D eigenvalue weighted by atomic mass is 10.2. The molecule has 3 rings (SSSR count). The van der Waals surface area contributed by atoms with Crippen molar-refractivity contribution in [3.63, 3.8) is 0 Å². The van der Waals surface area contributed by atoms with Gasteiger partial charge in [0, 0.05) is 40.5 Å². The van der Waals surface area contributed by atoms with Crippen LogP contribution in [0.5, 0.6) is 0 Å². The molecule has 0 bridgehead atoms. The van der Waals surface area contributed by atoms with Crippen molar-refractivity contribution < 1.29 is 9.00 Å². The number of aromatic nitrogens is 3. The number of aryl methyl sites for hydroxylation is 1. The Bertz CT molecular complexity index is 724. The van der Waals surface area contributed by atoms with Crippen molar-refractivity contribution in [1.29, 1.82) is 0 Å². The fourth-order valence-electron chi connectivity index (χ4n) is 2.74. The summed E-state index contributed by atoms with van der Waals surface area (Å²) >= 11 is 0. The van der Waals surface area contributed by atoms with E-state index in [1.165, 1.54) is 6.42 Å². The Morgan fingerprint density at radius 2 is 2.00 bits per heavy atom. The number of carbonyl (C=O) groups is 1. The van der Waals surface area contributed by atoms with Crippen molar-refractivity contribution in [1.82, 2.24) is 20.1 Å².